The molecule has 2 rings (SSSR count). The Kier molecular flexibility index (Phi) is 6.01. The molecule has 0 aliphatic carbocycles. The van der Waals surface area contributed by atoms with Crippen LogP contribution < -0.4 is 16.0 Å². The predicted octanol–water partition coefficient (Wildman–Crippen LogP) is 4.04. The van der Waals surface area contributed by atoms with Gasteiger partial charge in [0, 0.05) is 16.8 Å². The molecule has 0 aliphatic heterocycles. The SMILES string of the molecule is CC(Nc1ccc(NC(=O)C(C)(C)C)cc1)C(=O)Nc1sccc1C#N. The summed E-state index contributed by atoms with van der Waals surface area (Å²) in [6, 6.07) is 10.4. The summed E-state index contributed by atoms with van der Waals surface area (Å²) in [4.78, 5) is 24.3. The Morgan fingerprint density at radius 2 is 1.69 bits per heavy atom. The first-order valence-corrected chi connectivity index (χ1v) is 9.05. The van der Waals surface area contributed by atoms with Gasteiger partial charge in [0.25, 0.3) is 0 Å². The molecular formula is C19H22N4O2S. The Balaban J connectivity index is 1.94. The molecule has 1 atom stereocenters. The summed E-state index contributed by atoms with van der Waals surface area (Å²) in [5, 5.41) is 20.0. The van der Waals surface area contributed by atoms with Crippen molar-refractivity contribution in [3.8, 4) is 6.07 Å². The van der Waals surface area contributed by atoms with E-state index in [-0.39, 0.29) is 11.8 Å². The van der Waals surface area contributed by atoms with Crippen molar-refractivity contribution in [2.24, 2.45) is 5.41 Å². The van der Waals surface area contributed by atoms with Crippen LogP contribution in [0.15, 0.2) is 35.7 Å². The van der Waals surface area contributed by atoms with Crippen molar-refractivity contribution in [3.05, 3.63) is 41.3 Å². The number of hydrogen-bond acceptors (Lipinski definition) is 5. The van der Waals surface area contributed by atoms with E-state index in [0.717, 1.165) is 5.69 Å². The molecule has 0 saturated carbocycles. The first-order valence-electron chi connectivity index (χ1n) is 8.17. The third-order valence-electron chi connectivity index (χ3n) is 3.62. The van der Waals surface area contributed by atoms with Gasteiger partial charge in [0.05, 0.1) is 5.56 Å². The van der Waals surface area contributed by atoms with E-state index in [9.17, 15) is 9.59 Å². The van der Waals surface area contributed by atoms with Gasteiger partial charge in [-0.2, -0.15) is 5.26 Å². The van der Waals surface area contributed by atoms with Crippen LogP contribution in [0.1, 0.15) is 33.3 Å². The molecule has 7 heteroatoms. The zero-order valence-corrected chi connectivity index (χ0v) is 16.0. The standard InChI is InChI=1S/C19H22N4O2S/c1-12(16(24)23-17-13(11-20)9-10-26-17)21-14-5-7-15(8-6-14)22-18(25)19(2,3)4/h5-10,12,21H,1-4H3,(H,22,25)(H,23,24). The fourth-order valence-electron chi connectivity index (χ4n) is 2.00. The van der Waals surface area contributed by atoms with E-state index in [1.54, 1.807) is 42.6 Å². The minimum absolute atomic E-state index is 0.0600. The van der Waals surface area contributed by atoms with Gasteiger partial charge in [-0.1, -0.05) is 20.8 Å². The molecule has 136 valence electrons. The van der Waals surface area contributed by atoms with Crippen LogP contribution in [0, 0.1) is 16.7 Å². The molecule has 26 heavy (non-hydrogen) atoms. The monoisotopic (exact) mass is 370 g/mol. The molecule has 3 N–H and O–H groups in total. The number of rotatable bonds is 5. The van der Waals surface area contributed by atoms with E-state index in [4.69, 9.17) is 5.26 Å². The zero-order valence-electron chi connectivity index (χ0n) is 15.2. The maximum atomic E-state index is 12.3. The third kappa shape index (κ3) is 5.07. The molecule has 1 heterocycles. The quantitative estimate of drug-likeness (QED) is 0.740. The highest BCUT2D eigenvalue weighted by Crippen LogP contribution is 2.23. The third-order valence-corrected chi connectivity index (χ3v) is 4.45. The molecule has 6 nitrogen and oxygen atoms in total. The Hall–Kier alpha value is -2.85. The molecule has 0 fully saturated rings. The molecule has 1 aromatic heterocycles. The fourth-order valence-corrected chi connectivity index (χ4v) is 2.74. The Bertz CT molecular complexity index is 828. The van der Waals surface area contributed by atoms with Crippen molar-refractivity contribution < 1.29 is 9.59 Å². The number of thiophene rings is 1. The second-order valence-electron chi connectivity index (χ2n) is 6.91. The lowest BCUT2D eigenvalue weighted by Crippen LogP contribution is -2.31. The summed E-state index contributed by atoms with van der Waals surface area (Å²) in [5.41, 5.74) is 1.44. The molecule has 2 amide bonds. The highest BCUT2D eigenvalue weighted by atomic mass is 32.1. The molecule has 1 aromatic carbocycles. The van der Waals surface area contributed by atoms with E-state index in [0.29, 0.717) is 16.3 Å². The van der Waals surface area contributed by atoms with Gasteiger partial charge in [-0.05, 0) is 42.6 Å². The normalized spacial score (nSPS) is 12.0. The number of amides is 2. The topological polar surface area (TPSA) is 94.0 Å². The average Bonchev–Trinajstić information content (AvgIpc) is 3.02. The Morgan fingerprint density at radius 3 is 2.27 bits per heavy atom. The molecule has 0 bridgehead atoms. The van der Waals surface area contributed by atoms with Crippen LogP contribution in [0.25, 0.3) is 0 Å². The van der Waals surface area contributed by atoms with E-state index < -0.39 is 11.5 Å². The van der Waals surface area contributed by atoms with E-state index >= 15 is 0 Å². The molecular weight excluding hydrogens is 348 g/mol. The van der Waals surface area contributed by atoms with Crippen LogP contribution in [0.4, 0.5) is 16.4 Å². The molecule has 0 radical (unpaired) electrons. The van der Waals surface area contributed by atoms with E-state index in [2.05, 4.69) is 16.0 Å². The summed E-state index contributed by atoms with van der Waals surface area (Å²) in [7, 11) is 0. The Morgan fingerprint density at radius 1 is 1.08 bits per heavy atom. The van der Waals surface area contributed by atoms with Crippen LogP contribution in [-0.2, 0) is 9.59 Å². The fraction of sp³-hybridized carbons (Fsp3) is 0.316. The number of anilines is 3. The van der Waals surface area contributed by atoms with Crippen LogP contribution >= 0.6 is 11.3 Å². The molecule has 1 unspecified atom stereocenters. The largest absolute Gasteiger partial charge is 0.374 e. The van der Waals surface area contributed by atoms with Crippen molar-refractivity contribution in [1.29, 1.82) is 5.26 Å². The number of nitriles is 1. The predicted molar refractivity (Wildman–Crippen MR) is 105 cm³/mol. The highest BCUT2D eigenvalue weighted by molar-refractivity contribution is 7.14. The number of hydrogen-bond donors (Lipinski definition) is 3. The van der Waals surface area contributed by atoms with Crippen LogP contribution in [-0.4, -0.2) is 17.9 Å². The van der Waals surface area contributed by atoms with E-state index in [1.165, 1.54) is 11.3 Å². The van der Waals surface area contributed by atoms with Gasteiger partial charge >= 0.3 is 0 Å². The minimum atomic E-state index is -0.487. The van der Waals surface area contributed by atoms with Gasteiger partial charge in [0.2, 0.25) is 11.8 Å². The molecule has 0 spiro atoms. The lowest BCUT2D eigenvalue weighted by atomic mass is 9.95. The summed E-state index contributed by atoms with van der Waals surface area (Å²) in [5.74, 6) is -0.288. The van der Waals surface area contributed by atoms with Gasteiger partial charge in [-0.25, -0.2) is 0 Å². The van der Waals surface area contributed by atoms with Gasteiger partial charge in [0.15, 0.2) is 0 Å². The molecule has 0 aliphatic rings. The summed E-state index contributed by atoms with van der Waals surface area (Å²) in [6.07, 6.45) is 0. The average molecular weight is 370 g/mol. The second-order valence-corrected chi connectivity index (χ2v) is 7.83. The lowest BCUT2D eigenvalue weighted by molar-refractivity contribution is -0.123. The van der Waals surface area contributed by atoms with E-state index in [1.807, 2.05) is 26.8 Å². The van der Waals surface area contributed by atoms with Gasteiger partial charge in [0.1, 0.15) is 17.1 Å². The summed E-state index contributed by atoms with van der Waals surface area (Å²) < 4.78 is 0. The van der Waals surface area contributed by atoms with Crippen LogP contribution in [0.3, 0.4) is 0 Å². The number of nitrogens with zero attached hydrogens (tertiary/aromatic N) is 1. The Labute approximate surface area is 157 Å². The molecule has 2 aromatic rings. The van der Waals surface area contributed by atoms with Crippen LogP contribution in [0.2, 0.25) is 0 Å². The second kappa shape index (κ2) is 8.02. The first-order chi connectivity index (χ1) is 12.2. The maximum absolute atomic E-state index is 12.3. The van der Waals surface area contributed by atoms with Gasteiger partial charge in [-0.3, -0.25) is 9.59 Å². The zero-order chi connectivity index (χ0) is 19.3. The highest BCUT2D eigenvalue weighted by Gasteiger charge is 2.21. The van der Waals surface area contributed by atoms with Crippen molar-refractivity contribution in [2.75, 3.05) is 16.0 Å². The van der Waals surface area contributed by atoms with Crippen molar-refractivity contribution in [1.82, 2.24) is 0 Å². The number of nitrogens with one attached hydrogen (secondary N) is 3. The van der Waals surface area contributed by atoms with Crippen molar-refractivity contribution in [3.63, 3.8) is 0 Å². The lowest BCUT2D eigenvalue weighted by Gasteiger charge is -2.18. The molecule has 0 saturated heterocycles. The maximum Gasteiger partial charge on any atom is 0.247 e. The van der Waals surface area contributed by atoms with Crippen LogP contribution in [0.5, 0.6) is 0 Å². The minimum Gasteiger partial charge on any atom is -0.374 e. The van der Waals surface area contributed by atoms with Gasteiger partial charge in [-0.15, -0.1) is 11.3 Å². The van der Waals surface area contributed by atoms with Gasteiger partial charge < -0.3 is 16.0 Å². The number of carbonyl (C=O) groups excluding carboxylic acids is 2. The van der Waals surface area contributed by atoms with Crippen molar-refractivity contribution >= 4 is 39.5 Å². The van der Waals surface area contributed by atoms with Crippen molar-refractivity contribution in [2.45, 2.75) is 33.7 Å². The number of carbonyl (C=O) groups is 2. The first kappa shape index (κ1) is 19.5. The smallest absolute Gasteiger partial charge is 0.247 e. The number of benzene rings is 1. The summed E-state index contributed by atoms with van der Waals surface area (Å²) in [6.45, 7) is 7.29. The summed E-state index contributed by atoms with van der Waals surface area (Å²) >= 11 is 1.31.